The van der Waals surface area contributed by atoms with Crippen molar-refractivity contribution < 1.29 is 13.2 Å². The van der Waals surface area contributed by atoms with E-state index in [4.69, 9.17) is 16.3 Å². The van der Waals surface area contributed by atoms with Crippen molar-refractivity contribution in [2.45, 2.75) is 4.21 Å². The third kappa shape index (κ3) is 5.41. The van der Waals surface area contributed by atoms with Gasteiger partial charge in [-0.1, -0.05) is 23.7 Å². The number of nitrogens with zero attached hydrogens (tertiary/aromatic N) is 5. The molecule has 13 heteroatoms. The van der Waals surface area contributed by atoms with E-state index in [9.17, 15) is 8.42 Å². The van der Waals surface area contributed by atoms with Crippen LogP contribution in [0.3, 0.4) is 0 Å². The fraction of sp³-hybridized carbons (Fsp3) is 0.318. The summed E-state index contributed by atoms with van der Waals surface area (Å²) in [6, 6.07) is 10.1. The van der Waals surface area contributed by atoms with E-state index in [1.807, 2.05) is 19.2 Å². The highest BCUT2D eigenvalue weighted by atomic mass is 35.5. The summed E-state index contributed by atoms with van der Waals surface area (Å²) in [5, 5.41) is 8.72. The molecule has 0 amide bonds. The van der Waals surface area contributed by atoms with Crippen LogP contribution in [0.15, 0.2) is 46.8 Å². The number of morpholine rings is 1. The third-order valence-corrected chi connectivity index (χ3v) is 8.72. The van der Waals surface area contributed by atoms with E-state index in [2.05, 4.69) is 30.0 Å². The van der Waals surface area contributed by atoms with E-state index >= 15 is 0 Å². The van der Waals surface area contributed by atoms with E-state index in [1.165, 1.54) is 6.07 Å². The van der Waals surface area contributed by atoms with Crippen LogP contribution >= 0.6 is 22.9 Å². The monoisotopic (exact) mass is 533 g/mol. The molecule has 5 rings (SSSR count). The number of sulfonamides is 1. The molecule has 0 spiro atoms. The van der Waals surface area contributed by atoms with Gasteiger partial charge in [0.15, 0.2) is 5.65 Å². The normalized spacial score (nSPS) is 14.9. The Morgan fingerprint density at radius 2 is 1.91 bits per heavy atom. The average molecular weight is 534 g/mol. The number of halogens is 1. The minimum atomic E-state index is -3.69. The zero-order valence-corrected chi connectivity index (χ0v) is 21.3. The highest BCUT2D eigenvalue weighted by Gasteiger charge is 2.18. The van der Waals surface area contributed by atoms with E-state index in [0.29, 0.717) is 21.6 Å². The molecule has 4 aromatic rings. The molecule has 4 heterocycles. The number of anilines is 2. The Hall–Kier alpha value is -2.77. The summed E-state index contributed by atoms with van der Waals surface area (Å²) in [5.41, 5.74) is 2.71. The zero-order valence-electron chi connectivity index (χ0n) is 18.9. The van der Waals surface area contributed by atoms with Crippen molar-refractivity contribution in [3.63, 3.8) is 0 Å². The van der Waals surface area contributed by atoms with Crippen molar-refractivity contribution in [2.75, 3.05) is 49.4 Å². The smallest absolute Gasteiger partial charge is 0.271 e. The quantitative estimate of drug-likeness (QED) is 0.354. The molecule has 2 N–H and O–H groups in total. The average Bonchev–Trinajstić information content (AvgIpc) is 3.44. The van der Waals surface area contributed by atoms with E-state index in [1.54, 1.807) is 29.1 Å². The summed E-state index contributed by atoms with van der Waals surface area (Å²) in [4.78, 5) is 11.5. The molecule has 1 saturated heterocycles. The second-order valence-electron chi connectivity index (χ2n) is 8.03. The molecule has 1 fully saturated rings. The van der Waals surface area contributed by atoms with Gasteiger partial charge in [-0.3, -0.25) is 9.62 Å². The molecule has 0 atom stereocenters. The number of thiophene rings is 1. The highest BCUT2D eigenvalue weighted by Crippen LogP contribution is 2.30. The standard InChI is InChI=1S/C22H24ClN7O3S2/c1-29-21-17(14-25-22(26-21)24-8-9-30-10-12-33-13-11-30)20(27-29)15-2-4-16(5-3-15)28-35(31,32)19-7-6-18(23)34-19/h2-7,14,28H,8-13H2,1H3,(H,24,25,26). The van der Waals surface area contributed by atoms with Gasteiger partial charge >= 0.3 is 0 Å². The number of nitrogens with one attached hydrogen (secondary N) is 2. The molecule has 184 valence electrons. The van der Waals surface area contributed by atoms with Crippen LogP contribution in [0.25, 0.3) is 22.3 Å². The van der Waals surface area contributed by atoms with Gasteiger partial charge in [0.05, 0.1) is 22.9 Å². The maximum absolute atomic E-state index is 12.5. The summed E-state index contributed by atoms with van der Waals surface area (Å²) in [5.74, 6) is 0.554. The molecule has 1 aliphatic rings. The highest BCUT2D eigenvalue weighted by molar-refractivity contribution is 7.94. The van der Waals surface area contributed by atoms with Crippen LogP contribution in [0.5, 0.6) is 0 Å². The van der Waals surface area contributed by atoms with Gasteiger partial charge in [0, 0.05) is 50.7 Å². The summed E-state index contributed by atoms with van der Waals surface area (Å²) >= 11 is 6.88. The summed E-state index contributed by atoms with van der Waals surface area (Å²) in [6.07, 6.45) is 1.76. The number of fused-ring (bicyclic) bond motifs is 1. The second-order valence-corrected chi connectivity index (χ2v) is 11.6. The van der Waals surface area contributed by atoms with E-state index < -0.39 is 10.0 Å². The molecule has 0 saturated carbocycles. The lowest BCUT2D eigenvalue weighted by atomic mass is 10.1. The van der Waals surface area contributed by atoms with Gasteiger partial charge in [-0.2, -0.15) is 10.1 Å². The van der Waals surface area contributed by atoms with Crippen LogP contribution in [0.1, 0.15) is 0 Å². The molecule has 10 nitrogen and oxygen atoms in total. The Bertz CT molecular complexity index is 1430. The molecule has 0 radical (unpaired) electrons. The van der Waals surface area contributed by atoms with E-state index in [0.717, 1.165) is 67.4 Å². The van der Waals surface area contributed by atoms with Crippen molar-refractivity contribution in [3.05, 3.63) is 46.9 Å². The van der Waals surface area contributed by atoms with Crippen LogP contribution in [0.4, 0.5) is 11.6 Å². The lowest BCUT2D eigenvalue weighted by Gasteiger charge is -2.26. The molecular formula is C22H24ClN7O3S2. The molecule has 1 aromatic carbocycles. The maximum Gasteiger partial charge on any atom is 0.271 e. The largest absolute Gasteiger partial charge is 0.379 e. The molecule has 35 heavy (non-hydrogen) atoms. The van der Waals surface area contributed by atoms with Crippen LogP contribution in [-0.2, 0) is 21.8 Å². The predicted molar refractivity (Wildman–Crippen MR) is 138 cm³/mol. The van der Waals surface area contributed by atoms with Crippen LogP contribution in [0, 0.1) is 0 Å². The van der Waals surface area contributed by atoms with Crippen LogP contribution < -0.4 is 10.0 Å². The first kappa shape index (κ1) is 23.9. The van der Waals surface area contributed by atoms with Crippen molar-refractivity contribution >= 4 is 55.6 Å². The van der Waals surface area contributed by atoms with Gasteiger partial charge in [0.1, 0.15) is 9.90 Å². The van der Waals surface area contributed by atoms with Crippen molar-refractivity contribution in [1.82, 2.24) is 24.6 Å². The summed E-state index contributed by atoms with van der Waals surface area (Å²) < 4.78 is 35.3. The van der Waals surface area contributed by atoms with Gasteiger partial charge in [0.25, 0.3) is 10.0 Å². The Labute approximate surface area is 212 Å². The molecule has 3 aromatic heterocycles. The Morgan fingerprint density at radius 1 is 1.14 bits per heavy atom. The van der Waals surface area contributed by atoms with Crippen molar-refractivity contribution in [1.29, 1.82) is 0 Å². The first-order valence-corrected chi connectivity index (χ1v) is 13.7. The molecule has 1 aliphatic heterocycles. The van der Waals surface area contributed by atoms with Gasteiger partial charge in [-0.15, -0.1) is 11.3 Å². The number of aromatic nitrogens is 4. The second kappa shape index (κ2) is 10.1. The SMILES string of the molecule is Cn1nc(-c2ccc(NS(=O)(=O)c3ccc(Cl)s3)cc2)c2cnc(NCCN3CCOCC3)nc21. The number of rotatable bonds is 8. The van der Waals surface area contributed by atoms with Crippen molar-refractivity contribution in [2.24, 2.45) is 7.05 Å². The lowest BCUT2D eigenvalue weighted by molar-refractivity contribution is 0.0398. The molecule has 0 unspecified atom stereocenters. The summed E-state index contributed by atoms with van der Waals surface area (Å²) in [6.45, 7) is 5.07. The third-order valence-electron chi connectivity index (χ3n) is 5.62. The fourth-order valence-corrected chi connectivity index (χ4v) is 6.37. The van der Waals surface area contributed by atoms with Gasteiger partial charge in [-0.25, -0.2) is 18.1 Å². The first-order chi connectivity index (χ1) is 16.9. The zero-order chi connectivity index (χ0) is 24.4. The van der Waals surface area contributed by atoms with Gasteiger partial charge in [0.2, 0.25) is 5.95 Å². The van der Waals surface area contributed by atoms with Crippen LogP contribution in [-0.4, -0.2) is 72.5 Å². The Kier molecular flexibility index (Phi) is 6.89. The van der Waals surface area contributed by atoms with Crippen molar-refractivity contribution in [3.8, 4) is 11.3 Å². The molecule has 0 aliphatic carbocycles. The minimum absolute atomic E-state index is 0.161. The Balaban J connectivity index is 1.29. The number of benzene rings is 1. The first-order valence-electron chi connectivity index (χ1n) is 11.0. The number of hydrogen-bond acceptors (Lipinski definition) is 9. The van der Waals surface area contributed by atoms with Gasteiger partial charge in [-0.05, 0) is 24.3 Å². The minimum Gasteiger partial charge on any atom is -0.379 e. The number of ether oxygens (including phenoxy) is 1. The lowest BCUT2D eigenvalue weighted by Crippen LogP contribution is -2.39. The molecule has 0 bridgehead atoms. The van der Waals surface area contributed by atoms with Crippen LogP contribution in [0.2, 0.25) is 4.34 Å². The van der Waals surface area contributed by atoms with E-state index in [-0.39, 0.29) is 4.21 Å². The number of aryl methyl sites for hydroxylation is 1. The summed E-state index contributed by atoms with van der Waals surface area (Å²) in [7, 11) is -1.85. The number of hydrogen-bond donors (Lipinski definition) is 2. The fourth-order valence-electron chi connectivity index (χ4n) is 3.83. The molecular weight excluding hydrogens is 510 g/mol. The maximum atomic E-state index is 12.5. The topological polar surface area (TPSA) is 114 Å². The van der Waals surface area contributed by atoms with Gasteiger partial charge < -0.3 is 10.1 Å². The predicted octanol–water partition coefficient (Wildman–Crippen LogP) is 3.29. The Morgan fingerprint density at radius 3 is 2.63 bits per heavy atom.